The van der Waals surface area contributed by atoms with Crippen molar-refractivity contribution >= 4 is 11.9 Å². The van der Waals surface area contributed by atoms with Crippen LogP contribution >= 0.6 is 0 Å². The van der Waals surface area contributed by atoms with Crippen molar-refractivity contribution in [1.29, 1.82) is 0 Å². The van der Waals surface area contributed by atoms with Crippen molar-refractivity contribution in [3.05, 3.63) is 29.8 Å². The van der Waals surface area contributed by atoms with Gasteiger partial charge < -0.3 is 20.2 Å². The molecular formula is C18H25N3O3. The first-order chi connectivity index (χ1) is 11.6. The molecule has 0 bridgehead atoms. The number of phenolic OH excluding ortho intramolecular Hbond substituents is 1. The average Bonchev–Trinajstić information content (AvgIpc) is 3.15. The summed E-state index contributed by atoms with van der Waals surface area (Å²) in [6.07, 6.45) is 3.86. The summed E-state index contributed by atoms with van der Waals surface area (Å²) in [6.45, 7) is 3.38. The van der Waals surface area contributed by atoms with Crippen LogP contribution in [0.25, 0.3) is 0 Å². The molecule has 0 radical (unpaired) electrons. The van der Waals surface area contributed by atoms with Crippen molar-refractivity contribution in [3.8, 4) is 5.75 Å². The van der Waals surface area contributed by atoms with Gasteiger partial charge in [0.2, 0.25) is 5.91 Å². The number of carbonyl (C=O) groups excluding carboxylic acids is 2. The van der Waals surface area contributed by atoms with Gasteiger partial charge in [-0.15, -0.1) is 0 Å². The molecule has 0 aliphatic carbocycles. The summed E-state index contributed by atoms with van der Waals surface area (Å²) in [6, 6.07) is 6.89. The molecular weight excluding hydrogens is 306 g/mol. The molecule has 3 amide bonds. The number of benzene rings is 1. The van der Waals surface area contributed by atoms with Gasteiger partial charge in [0.25, 0.3) is 0 Å². The zero-order valence-corrected chi connectivity index (χ0v) is 13.9. The highest BCUT2D eigenvalue weighted by molar-refractivity contribution is 5.81. The number of phenols is 1. The third-order valence-corrected chi connectivity index (χ3v) is 4.84. The second-order valence-electron chi connectivity index (χ2n) is 6.65. The standard InChI is InChI=1S/C18H25N3O3/c22-16-7-5-14(6-8-16)12-19-17(23)15-4-3-11-21(13-15)18(24)20-9-1-2-10-20/h5-8,15,22H,1-4,9-13H2,(H,19,23). The number of carbonyl (C=O) groups is 2. The molecule has 6 nitrogen and oxygen atoms in total. The summed E-state index contributed by atoms with van der Waals surface area (Å²) in [5, 5.41) is 12.2. The fourth-order valence-electron chi connectivity index (χ4n) is 3.42. The lowest BCUT2D eigenvalue weighted by Crippen LogP contribution is -2.49. The normalized spacial score (nSPS) is 20.9. The van der Waals surface area contributed by atoms with E-state index in [-0.39, 0.29) is 23.6 Å². The minimum absolute atomic E-state index is 0.00185. The molecule has 24 heavy (non-hydrogen) atoms. The quantitative estimate of drug-likeness (QED) is 0.889. The highest BCUT2D eigenvalue weighted by Crippen LogP contribution is 2.20. The lowest BCUT2D eigenvalue weighted by atomic mass is 9.97. The van der Waals surface area contributed by atoms with Gasteiger partial charge in [0, 0.05) is 32.7 Å². The maximum absolute atomic E-state index is 12.5. The third kappa shape index (κ3) is 3.99. The van der Waals surface area contributed by atoms with Crippen molar-refractivity contribution in [1.82, 2.24) is 15.1 Å². The van der Waals surface area contributed by atoms with Crippen LogP contribution in [0.4, 0.5) is 4.79 Å². The molecule has 3 rings (SSSR count). The summed E-state index contributed by atoms with van der Waals surface area (Å²) in [5.74, 6) is 0.0813. The Morgan fingerprint density at radius 2 is 1.71 bits per heavy atom. The van der Waals surface area contributed by atoms with Gasteiger partial charge >= 0.3 is 6.03 Å². The second-order valence-corrected chi connectivity index (χ2v) is 6.65. The van der Waals surface area contributed by atoms with Crippen molar-refractivity contribution in [2.24, 2.45) is 5.92 Å². The van der Waals surface area contributed by atoms with Gasteiger partial charge in [0.05, 0.1) is 5.92 Å². The maximum atomic E-state index is 12.5. The van der Waals surface area contributed by atoms with Gasteiger partial charge in [-0.05, 0) is 43.4 Å². The molecule has 130 valence electrons. The molecule has 6 heteroatoms. The zero-order chi connectivity index (χ0) is 16.9. The smallest absolute Gasteiger partial charge is 0.320 e. The lowest BCUT2D eigenvalue weighted by Gasteiger charge is -2.34. The Kier molecular flexibility index (Phi) is 5.23. The highest BCUT2D eigenvalue weighted by Gasteiger charge is 2.31. The topological polar surface area (TPSA) is 72.9 Å². The summed E-state index contributed by atoms with van der Waals surface area (Å²) in [4.78, 5) is 28.6. The molecule has 1 atom stereocenters. The predicted octanol–water partition coefficient (Wildman–Crippen LogP) is 1.94. The highest BCUT2D eigenvalue weighted by atomic mass is 16.3. The molecule has 0 spiro atoms. The molecule has 2 fully saturated rings. The number of urea groups is 1. The molecule has 1 unspecified atom stereocenters. The summed E-state index contributed by atoms with van der Waals surface area (Å²) >= 11 is 0. The zero-order valence-electron chi connectivity index (χ0n) is 13.9. The number of nitrogens with one attached hydrogen (secondary N) is 1. The Morgan fingerprint density at radius 1 is 1.04 bits per heavy atom. The van der Waals surface area contributed by atoms with E-state index in [1.54, 1.807) is 24.3 Å². The summed E-state index contributed by atoms with van der Waals surface area (Å²) < 4.78 is 0. The van der Waals surface area contributed by atoms with Crippen LogP contribution in [-0.2, 0) is 11.3 Å². The Labute approximate surface area is 142 Å². The molecule has 2 heterocycles. The molecule has 1 aromatic carbocycles. The molecule has 2 saturated heterocycles. The second kappa shape index (κ2) is 7.55. The first kappa shape index (κ1) is 16.6. The minimum atomic E-state index is -0.137. The van der Waals surface area contributed by atoms with Gasteiger partial charge in [0.15, 0.2) is 0 Å². The number of likely N-dealkylation sites (tertiary alicyclic amines) is 2. The largest absolute Gasteiger partial charge is 0.508 e. The van der Waals surface area contributed by atoms with E-state index in [9.17, 15) is 14.7 Å². The minimum Gasteiger partial charge on any atom is -0.508 e. The van der Waals surface area contributed by atoms with E-state index in [0.717, 1.165) is 50.9 Å². The molecule has 2 aliphatic rings. The Balaban J connectivity index is 1.51. The Bertz CT molecular complexity index is 582. The molecule has 2 aliphatic heterocycles. The first-order valence-electron chi connectivity index (χ1n) is 8.73. The van der Waals surface area contributed by atoms with Gasteiger partial charge in [-0.25, -0.2) is 4.79 Å². The van der Waals surface area contributed by atoms with Crippen molar-refractivity contribution in [2.45, 2.75) is 32.2 Å². The fourth-order valence-corrected chi connectivity index (χ4v) is 3.42. The first-order valence-corrected chi connectivity index (χ1v) is 8.73. The molecule has 2 N–H and O–H groups in total. The summed E-state index contributed by atoms with van der Waals surface area (Å²) in [5.41, 5.74) is 0.946. The fraction of sp³-hybridized carbons (Fsp3) is 0.556. The van der Waals surface area contributed by atoms with Gasteiger partial charge in [0.1, 0.15) is 5.75 Å². The molecule has 0 saturated carbocycles. The predicted molar refractivity (Wildman–Crippen MR) is 90.5 cm³/mol. The van der Waals surface area contributed by atoms with Crippen molar-refractivity contribution < 1.29 is 14.7 Å². The van der Waals surface area contributed by atoms with Crippen LogP contribution in [0.3, 0.4) is 0 Å². The van der Waals surface area contributed by atoms with E-state index >= 15 is 0 Å². The number of rotatable bonds is 3. The van der Waals surface area contributed by atoms with E-state index in [2.05, 4.69) is 5.32 Å². The van der Waals surface area contributed by atoms with E-state index in [1.807, 2.05) is 9.80 Å². The average molecular weight is 331 g/mol. The van der Waals surface area contributed by atoms with Crippen LogP contribution in [-0.4, -0.2) is 53.0 Å². The number of amides is 3. The van der Waals surface area contributed by atoms with Crippen LogP contribution in [0.2, 0.25) is 0 Å². The number of piperidine rings is 1. The Morgan fingerprint density at radius 3 is 2.42 bits per heavy atom. The van der Waals surface area contributed by atoms with Crippen LogP contribution in [0.5, 0.6) is 5.75 Å². The van der Waals surface area contributed by atoms with Crippen molar-refractivity contribution in [2.75, 3.05) is 26.2 Å². The lowest BCUT2D eigenvalue weighted by molar-refractivity contribution is -0.126. The number of aromatic hydroxyl groups is 1. The third-order valence-electron chi connectivity index (χ3n) is 4.84. The van der Waals surface area contributed by atoms with E-state index in [4.69, 9.17) is 0 Å². The van der Waals surface area contributed by atoms with Crippen LogP contribution < -0.4 is 5.32 Å². The van der Waals surface area contributed by atoms with Crippen LogP contribution in [0, 0.1) is 5.92 Å². The molecule has 1 aromatic rings. The number of hydrogen-bond acceptors (Lipinski definition) is 3. The molecule has 0 aromatic heterocycles. The van der Waals surface area contributed by atoms with Crippen LogP contribution in [0.15, 0.2) is 24.3 Å². The van der Waals surface area contributed by atoms with Gasteiger partial charge in [-0.2, -0.15) is 0 Å². The van der Waals surface area contributed by atoms with Crippen LogP contribution in [0.1, 0.15) is 31.2 Å². The van der Waals surface area contributed by atoms with E-state index in [1.165, 1.54) is 0 Å². The monoisotopic (exact) mass is 331 g/mol. The van der Waals surface area contributed by atoms with Gasteiger partial charge in [-0.1, -0.05) is 12.1 Å². The van der Waals surface area contributed by atoms with E-state index in [0.29, 0.717) is 13.1 Å². The van der Waals surface area contributed by atoms with Crippen molar-refractivity contribution in [3.63, 3.8) is 0 Å². The Hall–Kier alpha value is -2.24. The van der Waals surface area contributed by atoms with E-state index < -0.39 is 0 Å². The van der Waals surface area contributed by atoms with Gasteiger partial charge in [-0.3, -0.25) is 4.79 Å². The number of hydrogen-bond donors (Lipinski definition) is 2. The SMILES string of the molecule is O=C(NCc1ccc(O)cc1)C1CCCN(C(=O)N2CCCC2)C1. The maximum Gasteiger partial charge on any atom is 0.320 e. The number of nitrogens with zero attached hydrogens (tertiary/aromatic N) is 2. The summed E-state index contributed by atoms with van der Waals surface area (Å²) in [7, 11) is 0.